The van der Waals surface area contributed by atoms with Crippen molar-refractivity contribution >= 4 is 34.4 Å². The van der Waals surface area contributed by atoms with Crippen LogP contribution in [-0.2, 0) is 39.0 Å². The third-order valence-electron chi connectivity index (χ3n) is 8.96. The number of halogens is 1. The number of benzene rings is 5. The number of carbonyl (C=O) groups is 1. The van der Waals surface area contributed by atoms with Crippen LogP contribution in [0, 0.1) is 5.41 Å². The number of aromatic nitrogens is 2. The van der Waals surface area contributed by atoms with Gasteiger partial charge in [0, 0.05) is 48.7 Å². The first-order valence-corrected chi connectivity index (χ1v) is 16.8. The maximum absolute atomic E-state index is 14.3. The minimum absolute atomic E-state index is 0.0450. The van der Waals surface area contributed by atoms with Crippen LogP contribution in [0.3, 0.4) is 0 Å². The summed E-state index contributed by atoms with van der Waals surface area (Å²) in [5, 5.41) is 8.35. The van der Waals surface area contributed by atoms with E-state index in [0.29, 0.717) is 48.7 Å². The van der Waals surface area contributed by atoms with Gasteiger partial charge in [0.25, 0.3) is 5.91 Å². The number of nitrogen functional groups attached to an aromatic ring is 1. The SMILES string of the molecule is N=C(N)c1ccc(CCc2nc3cc(C(=O)N(Cc4ccc(Cl)cc4)Cc4ccc(CN)cc4)ccc3n2Cc2ccc3c(c2)OCO3)cc1. The summed E-state index contributed by atoms with van der Waals surface area (Å²) in [5.74, 6) is 2.31. The molecule has 5 N–H and O–H groups in total. The molecule has 0 aliphatic carbocycles. The second-order valence-corrected chi connectivity index (χ2v) is 12.9. The summed E-state index contributed by atoms with van der Waals surface area (Å²) < 4.78 is 13.4. The molecule has 0 atom stereocenters. The maximum Gasteiger partial charge on any atom is 0.254 e. The van der Waals surface area contributed by atoms with Crippen LogP contribution in [0.5, 0.6) is 11.5 Å². The van der Waals surface area contributed by atoms with Crippen LogP contribution in [0.2, 0.25) is 5.02 Å². The number of imidazole rings is 1. The average Bonchev–Trinajstić information content (AvgIpc) is 3.75. The standard InChI is InChI=1S/C40H37ClN6O3/c41-33-14-7-29(8-15-33)23-46(22-28-3-1-27(21-42)2-4-28)40(48)32-13-16-35-34(20-32)45-38(18-10-26-5-11-31(12-6-26)39(43)44)47(35)24-30-9-17-36-37(19-30)50-25-49-36/h1-9,11-17,19-20H,10,18,21-25,42H2,(H3,43,44). The van der Waals surface area contributed by atoms with E-state index in [1.165, 1.54) is 0 Å². The molecule has 6 aromatic rings. The molecule has 0 saturated heterocycles. The summed E-state index contributed by atoms with van der Waals surface area (Å²) >= 11 is 6.16. The number of nitrogens with two attached hydrogens (primary N) is 2. The number of carbonyl (C=O) groups excluding carboxylic acids is 1. The van der Waals surface area contributed by atoms with Gasteiger partial charge in [-0.05, 0) is 76.7 Å². The lowest BCUT2D eigenvalue weighted by Crippen LogP contribution is -2.30. The van der Waals surface area contributed by atoms with Crippen molar-refractivity contribution < 1.29 is 14.3 Å². The molecule has 0 fully saturated rings. The van der Waals surface area contributed by atoms with Gasteiger partial charge in [0.1, 0.15) is 11.7 Å². The third kappa shape index (κ3) is 7.34. The van der Waals surface area contributed by atoms with E-state index in [-0.39, 0.29) is 18.5 Å². The Hall–Kier alpha value is -5.64. The van der Waals surface area contributed by atoms with Gasteiger partial charge in [-0.1, -0.05) is 78.3 Å². The second-order valence-electron chi connectivity index (χ2n) is 12.4. The van der Waals surface area contributed by atoms with Crippen molar-refractivity contribution in [2.75, 3.05) is 6.79 Å². The van der Waals surface area contributed by atoms with Gasteiger partial charge in [0.15, 0.2) is 11.5 Å². The van der Waals surface area contributed by atoms with Crippen LogP contribution in [0.15, 0.2) is 109 Å². The first-order chi connectivity index (χ1) is 24.3. The Morgan fingerprint density at radius 2 is 1.38 bits per heavy atom. The molecular weight excluding hydrogens is 648 g/mol. The zero-order valence-corrected chi connectivity index (χ0v) is 28.2. The average molecular weight is 685 g/mol. The largest absolute Gasteiger partial charge is 0.454 e. The normalized spacial score (nSPS) is 12.0. The summed E-state index contributed by atoms with van der Waals surface area (Å²) in [7, 11) is 0. The molecular formula is C40H37ClN6O3. The molecule has 0 spiro atoms. The van der Waals surface area contributed by atoms with Crippen LogP contribution in [0.25, 0.3) is 11.0 Å². The molecule has 1 aliphatic rings. The summed E-state index contributed by atoms with van der Waals surface area (Å²) in [5.41, 5.74) is 19.6. The molecule has 0 radical (unpaired) electrons. The van der Waals surface area contributed by atoms with Crippen LogP contribution >= 0.6 is 11.6 Å². The first-order valence-electron chi connectivity index (χ1n) is 16.5. The number of aryl methyl sites for hydroxylation is 2. The van der Waals surface area contributed by atoms with E-state index < -0.39 is 0 Å². The Labute approximate surface area is 295 Å². The van der Waals surface area contributed by atoms with E-state index in [0.717, 1.165) is 62.6 Å². The van der Waals surface area contributed by atoms with Crippen molar-refractivity contribution in [2.24, 2.45) is 11.5 Å². The number of ether oxygens (including phenoxy) is 2. The first kappa shape index (κ1) is 32.9. The lowest BCUT2D eigenvalue weighted by atomic mass is 10.1. The van der Waals surface area contributed by atoms with Gasteiger partial charge in [-0.3, -0.25) is 10.2 Å². The zero-order chi connectivity index (χ0) is 34.6. The molecule has 50 heavy (non-hydrogen) atoms. The Morgan fingerprint density at radius 1 is 0.760 bits per heavy atom. The van der Waals surface area contributed by atoms with Crippen LogP contribution in [0.4, 0.5) is 0 Å². The minimum atomic E-state index is -0.0952. The van der Waals surface area contributed by atoms with E-state index in [1.807, 2.05) is 114 Å². The third-order valence-corrected chi connectivity index (χ3v) is 9.21. The fourth-order valence-corrected chi connectivity index (χ4v) is 6.33. The topological polar surface area (TPSA) is 132 Å². The van der Waals surface area contributed by atoms with Crippen molar-refractivity contribution in [3.05, 3.63) is 159 Å². The Balaban J connectivity index is 1.21. The summed E-state index contributed by atoms with van der Waals surface area (Å²) in [6.07, 6.45) is 1.41. The minimum Gasteiger partial charge on any atom is -0.454 e. The van der Waals surface area contributed by atoms with Crippen molar-refractivity contribution in [3.63, 3.8) is 0 Å². The van der Waals surface area contributed by atoms with E-state index in [4.69, 9.17) is 42.9 Å². The highest BCUT2D eigenvalue weighted by molar-refractivity contribution is 6.30. The smallest absolute Gasteiger partial charge is 0.254 e. The molecule has 10 heteroatoms. The highest BCUT2D eigenvalue weighted by atomic mass is 35.5. The van der Waals surface area contributed by atoms with Crippen molar-refractivity contribution in [3.8, 4) is 11.5 Å². The molecule has 2 heterocycles. The number of nitrogens with one attached hydrogen (secondary N) is 1. The molecule has 1 aliphatic heterocycles. The molecule has 0 saturated carbocycles. The highest BCUT2D eigenvalue weighted by Gasteiger charge is 2.21. The number of nitrogens with zero attached hydrogens (tertiary/aromatic N) is 3. The van der Waals surface area contributed by atoms with Crippen LogP contribution in [-0.4, -0.2) is 33.0 Å². The Morgan fingerprint density at radius 3 is 2.08 bits per heavy atom. The fourth-order valence-electron chi connectivity index (χ4n) is 6.20. The number of amidine groups is 1. The van der Waals surface area contributed by atoms with Gasteiger partial charge < -0.3 is 30.4 Å². The Kier molecular flexibility index (Phi) is 9.51. The zero-order valence-electron chi connectivity index (χ0n) is 27.4. The lowest BCUT2D eigenvalue weighted by molar-refractivity contribution is 0.0730. The highest BCUT2D eigenvalue weighted by Crippen LogP contribution is 2.33. The van der Waals surface area contributed by atoms with Crippen molar-refractivity contribution in [1.82, 2.24) is 14.5 Å². The van der Waals surface area contributed by atoms with E-state index in [2.05, 4.69) is 4.57 Å². The summed E-state index contributed by atoms with van der Waals surface area (Å²) in [6, 6.07) is 35.1. The predicted octanol–water partition coefficient (Wildman–Crippen LogP) is 6.84. The molecule has 252 valence electrons. The molecule has 0 bridgehead atoms. The number of hydrogen-bond acceptors (Lipinski definition) is 6. The number of fused-ring (bicyclic) bond motifs is 2. The van der Waals surface area contributed by atoms with E-state index >= 15 is 0 Å². The quantitative estimate of drug-likeness (QED) is 0.0956. The van der Waals surface area contributed by atoms with Gasteiger partial charge in [-0.15, -0.1) is 0 Å². The summed E-state index contributed by atoms with van der Waals surface area (Å²) in [4.78, 5) is 21.2. The number of rotatable bonds is 12. The van der Waals surface area contributed by atoms with Crippen LogP contribution in [0.1, 0.15) is 49.6 Å². The van der Waals surface area contributed by atoms with E-state index in [1.54, 1.807) is 0 Å². The van der Waals surface area contributed by atoms with Gasteiger partial charge in [0.2, 0.25) is 6.79 Å². The number of amides is 1. The molecule has 9 nitrogen and oxygen atoms in total. The Bertz CT molecular complexity index is 2160. The van der Waals surface area contributed by atoms with Crippen LogP contribution < -0.4 is 20.9 Å². The van der Waals surface area contributed by atoms with Gasteiger partial charge in [-0.2, -0.15) is 0 Å². The lowest BCUT2D eigenvalue weighted by Gasteiger charge is -2.23. The molecule has 5 aromatic carbocycles. The second kappa shape index (κ2) is 14.5. The summed E-state index contributed by atoms with van der Waals surface area (Å²) in [6.45, 7) is 2.09. The molecule has 1 amide bonds. The predicted molar refractivity (Wildman–Crippen MR) is 196 cm³/mol. The fraction of sp³-hybridized carbons (Fsp3) is 0.175. The van der Waals surface area contributed by atoms with Crippen molar-refractivity contribution in [1.29, 1.82) is 5.41 Å². The maximum atomic E-state index is 14.3. The monoisotopic (exact) mass is 684 g/mol. The van der Waals surface area contributed by atoms with Crippen molar-refractivity contribution in [2.45, 2.75) is 39.0 Å². The number of hydrogen-bond donors (Lipinski definition) is 3. The molecule has 7 rings (SSSR count). The van der Waals surface area contributed by atoms with E-state index in [9.17, 15) is 4.79 Å². The van der Waals surface area contributed by atoms with Gasteiger partial charge >= 0.3 is 0 Å². The van der Waals surface area contributed by atoms with Gasteiger partial charge in [0.05, 0.1) is 11.0 Å². The van der Waals surface area contributed by atoms with Gasteiger partial charge in [-0.25, -0.2) is 4.98 Å². The molecule has 1 aromatic heterocycles. The molecule has 0 unspecified atom stereocenters.